The van der Waals surface area contributed by atoms with E-state index in [-0.39, 0.29) is 18.0 Å². The van der Waals surface area contributed by atoms with E-state index < -0.39 is 34.4 Å². The molecule has 5 N–H and O–H groups in total. The van der Waals surface area contributed by atoms with Crippen molar-refractivity contribution >= 4 is 10.8 Å². The minimum Gasteiger partial charge on any atom is -0.390 e. The lowest BCUT2D eigenvalue weighted by Crippen LogP contribution is -2.68. The summed E-state index contributed by atoms with van der Waals surface area (Å²) in [5.74, 6) is -0.0817. The Kier molecular flexibility index (Phi) is 4.70. The van der Waals surface area contributed by atoms with Crippen LogP contribution in [0.25, 0.3) is 10.8 Å². The summed E-state index contributed by atoms with van der Waals surface area (Å²) >= 11 is 0. The molecule has 4 fully saturated rings. The first-order valence-electron chi connectivity index (χ1n) is 14.3. The van der Waals surface area contributed by atoms with Gasteiger partial charge in [-0.05, 0) is 72.8 Å². The fraction of sp³-hybridized carbons (Fsp3) is 0.581. The molecule has 2 aromatic rings. The van der Waals surface area contributed by atoms with Crippen LogP contribution in [0.2, 0.25) is 0 Å². The van der Waals surface area contributed by atoms with E-state index in [0.717, 1.165) is 55.1 Å². The second-order valence-corrected chi connectivity index (χ2v) is 13.1. The van der Waals surface area contributed by atoms with Gasteiger partial charge in [0, 0.05) is 54.3 Å². The smallest absolute Gasteiger partial charge is 0.121 e. The molecule has 7 nitrogen and oxygen atoms in total. The third-order valence-corrected chi connectivity index (χ3v) is 11.5. The summed E-state index contributed by atoms with van der Waals surface area (Å²) in [5, 5.41) is 37.9. The summed E-state index contributed by atoms with van der Waals surface area (Å²) in [5.41, 5.74) is 5.83. The van der Waals surface area contributed by atoms with Gasteiger partial charge in [-0.3, -0.25) is 9.88 Å². The summed E-state index contributed by atoms with van der Waals surface area (Å²) in [4.78, 5) is 6.59. The van der Waals surface area contributed by atoms with Crippen molar-refractivity contribution in [3.05, 3.63) is 65.5 Å². The topological polar surface area (TPSA) is 112 Å². The Morgan fingerprint density at radius 3 is 2.74 bits per heavy atom. The van der Waals surface area contributed by atoms with Crippen LogP contribution in [0.4, 0.5) is 0 Å². The molecule has 1 aromatic heterocycles. The normalized spacial score (nSPS) is 46.1. The van der Waals surface area contributed by atoms with Crippen molar-refractivity contribution in [2.24, 2.45) is 17.1 Å². The largest absolute Gasteiger partial charge is 0.390 e. The molecule has 3 aliphatic heterocycles. The summed E-state index contributed by atoms with van der Waals surface area (Å²) < 4.78 is 7.22. The van der Waals surface area contributed by atoms with Gasteiger partial charge >= 0.3 is 0 Å². The Labute approximate surface area is 223 Å². The fourth-order valence-corrected chi connectivity index (χ4v) is 9.46. The highest BCUT2D eigenvalue weighted by atomic mass is 16.5. The zero-order valence-electron chi connectivity index (χ0n) is 21.9. The Morgan fingerprint density at radius 2 is 1.92 bits per heavy atom. The van der Waals surface area contributed by atoms with E-state index in [1.54, 1.807) is 6.20 Å². The second kappa shape index (κ2) is 7.53. The molecule has 8 atom stereocenters. The van der Waals surface area contributed by atoms with Crippen molar-refractivity contribution in [3.63, 3.8) is 0 Å². The predicted molar refractivity (Wildman–Crippen MR) is 143 cm³/mol. The molecule has 3 aliphatic carbocycles. The number of aromatic nitrogens is 1. The number of fused-ring (bicyclic) bond motifs is 2. The minimum absolute atomic E-state index is 0.0555. The third-order valence-electron chi connectivity index (χ3n) is 11.5. The molecule has 8 rings (SSSR count). The van der Waals surface area contributed by atoms with Crippen molar-refractivity contribution in [2.45, 2.75) is 86.5 Å². The van der Waals surface area contributed by atoms with Crippen molar-refractivity contribution in [1.29, 1.82) is 0 Å². The SMILES string of the molecule is C[C@]12CC=C3C=C4CC[C@@H](N5CC(N)C5)[C@@H](O)[C@]45CCC3(O5)[C@@H]1C[C@@H](O)[C@]2(O)c1ccc2ccncc2c1. The summed E-state index contributed by atoms with van der Waals surface area (Å²) in [7, 11) is 0. The molecule has 6 aliphatic rings. The average molecular weight is 516 g/mol. The third kappa shape index (κ3) is 2.68. The summed E-state index contributed by atoms with van der Waals surface area (Å²) in [6.07, 6.45) is 11.1. The van der Waals surface area contributed by atoms with Crippen LogP contribution in [-0.2, 0) is 10.3 Å². The quantitative estimate of drug-likeness (QED) is 0.486. The summed E-state index contributed by atoms with van der Waals surface area (Å²) in [6, 6.07) is 8.16. The molecule has 0 radical (unpaired) electrons. The first-order valence-corrected chi connectivity index (χ1v) is 14.3. The number of likely N-dealkylation sites (tertiary alicyclic amines) is 1. The van der Waals surface area contributed by atoms with Gasteiger partial charge in [-0.15, -0.1) is 0 Å². The highest BCUT2D eigenvalue weighted by Gasteiger charge is 2.73. The Morgan fingerprint density at radius 1 is 1.11 bits per heavy atom. The van der Waals surface area contributed by atoms with Gasteiger partial charge in [0.15, 0.2) is 0 Å². The highest BCUT2D eigenvalue weighted by molar-refractivity contribution is 5.82. The number of nitrogens with zero attached hydrogens (tertiary/aromatic N) is 2. The minimum atomic E-state index is -1.43. The standard InChI is InChI=1S/C31H37N3O4/c1-28-8-6-21-13-20-4-5-24(34-16-23(32)17-34)27(36)30(20)10-9-29(21,38-30)25(28)14-26(35)31(28,37)22-3-2-18-7-11-33-15-19(18)12-22/h2-3,6-7,11-13,15,23-27,35-37H,4-5,8-10,14,16-17,32H2,1H3/t24-,25-,26-,27-,28+,29?,30+,31-/m1/s1. The molecular formula is C31H37N3O4. The number of allylic oxidation sites excluding steroid dienone is 1. The number of nitrogens with two attached hydrogens (primary N) is 1. The lowest BCUT2D eigenvalue weighted by atomic mass is 9.56. The Hall–Kier alpha value is -2.13. The van der Waals surface area contributed by atoms with Crippen molar-refractivity contribution < 1.29 is 20.1 Å². The number of ether oxygens (including phenoxy) is 1. The van der Waals surface area contributed by atoms with E-state index in [4.69, 9.17) is 10.5 Å². The van der Waals surface area contributed by atoms with Gasteiger partial charge in [0.1, 0.15) is 17.3 Å². The molecule has 7 heteroatoms. The van der Waals surface area contributed by atoms with Crippen LogP contribution in [0.1, 0.15) is 51.0 Å². The van der Waals surface area contributed by atoms with Gasteiger partial charge < -0.3 is 25.8 Å². The molecular weight excluding hydrogens is 478 g/mol. The van der Waals surface area contributed by atoms with Crippen LogP contribution in [0.5, 0.6) is 0 Å². The monoisotopic (exact) mass is 515 g/mol. The maximum Gasteiger partial charge on any atom is 0.121 e. The Bertz CT molecular complexity index is 1400. The molecule has 1 aromatic carbocycles. The van der Waals surface area contributed by atoms with Crippen LogP contribution >= 0.6 is 0 Å². The van der Waals surface area contributed by atoms with E-state index in [2.05, 4.69) is 29.0 Å². The molecule has 4 heterocycles. The van der Waals surface area contributed by atoms with Crippen LogP contribution in [0.3, 0.4) is 0 Å². The molecule has 2 saturated heterocycles. The van der Waals surface area contributed by atoms with E-state index in [0.29, 0.717) is 12.8 Å². The van der Waals surface area contributed by atoms with E-state index in [1.807, 2.05) is 30.5 Å². The van der Waals surface area contributed by atoms with Gasteiger partial charge in [-0.1, -0.05) is 31.2 Å². The lowest BCUT2D eigenvalue weighted by Gasteiger charge is -2.57. The second-order valence-electron chi connectivity index (χ2n) is 13.1. The van der Waals surface area contributed by atoms with Gasteiger partial charge in [-0.2, -0.15) is 0 Å². The summed E-state index contributed by atoms with van der Waals surface area (Å²) in [6.45, 7) is 3.78. The molecule has 2 saturated carbocycles. The van der Waals surface area contributed by atoms with E-state index in [1.165, 1.54) is 11.1 Å². The van der Waals surface area contributed by atoms with Crippen molar-refractivity contribution in [3.8, 4) is 0 Å². The van der Waals surface area contributed by atoms with E-state index in [9.17, 15) is 15.3 Å². The first-order chi connectivity index (χ1) is 18.2. The fourth-order valence-electron chi connectivity index (χ4n) is 9.46. The Balaban J connectivity index is 1.21. The number of aliphatic hydroxyl groups is 3. The van der Waals surface area contributed by atoms with Crippen molar-refractivity contribution in [2.75, 3.05) is 13.1 Å². The number of hydrogen-bond acceptors (Lipinski definition) is 7. The molecule has 2 bridgehead atoms. The molecule has 200 valence electrons. The predicted octanol–water partition coefficient (Wildman–Crippen LogP) is 2.53. The van der Waals surface area contributed by atoms with Crippen molar-refractivity contribution in [1.82, 2.24) is 9.88 Å². The first kappa shape index (κ1) is 23.7. The van der Waals surface area contributed by atoms with Gasteiger partial charge in [0.05, 0.1) is 11.7 Å². The van der Waals surface area contributed by atoms with Crippen LogP contribution in [0.15, 0.2) is 60.0 Å². The average Bonchev–Trinajstić information content (AvgIpc) is 3.34. The van der Waals surface area contributed by atoms with Crippen LogP contribution < -0.4 is 5.73 Å². The number of aliphatic hydroxyl groups excluding tert-OH is 2. The zero-order chi connectivity index (χ0) is 26.1. The molecule has 0 amide bonds. The van der Waals surface area contributed by atoms with Gasteiger partial charge in [-0.25, -0.2) is 0 Å². The molecule has 2 spiro atoms. The number of pyridine rings is 1. The molecule has 38 heavy (non-hydrogen) atoms. The van der Waals surface area contributed by atoms with Gasteiger partial charge in [0.2, 0.25) is 0 Å². The number of rotatable bonds is 2. The number of benzene rings is 1. The van der Waals surface area contributed by atoms with Crippen LogP contribution in [0, 0.1) is 11.3 Å². The lowest BCUT2D eigenvalue weighted by molar-refractivity contribution is -0.203. The maximum absolute atomic E-state index is 12.5. The van der Waals surface area contributed by atoms with Gasteiger partial charge in [0.25, 0.3) is 0 Å². The maximum atomic E-state index is 12.5. The van der Waals surface area contributed by atoms with E-state index >= 15 is 0 Å². The van der Waals surface area contributed by atoms with Crippen LogP contribution in [-0.4, -0.2) is 73.8 Å². The highest BCUT2D eigenvalue weighted by Crippen LogP contribution is 2.70. The molecule has 1 unspecified atom stereocenters. The zero-order valence-corrected chi connectivity index (χ0v) is 21.9. The number of hydrogen-bond donors (Lipinski definition) is 4.